The van der Waals surface area contributed by atoms with Crippen LogP contribution in [0.5, 0.6) is 11.5 Å². The molecule has 1 amide bonds. The van der Waals surface area contributed by atoms with Crippen molar-refractivity contribution in [1.29, 1.82) is 0 Å². The molecular formula is C16H23N3O5. The fourth-order valence-electron chi connectivity index (χ4n) is 2.98. The fraction of sp³-hybridized carbons (Fsp3) is 0.562. The molecule has 2 N–H and O–H groups in total. The number of nitro benzene ring substituents is 1. The molecule has 2 unspecified atom stereocenters. The van der Waals surface area contributed by atoms with Gasteiger partial charge in [-0.15, -0.1) is 0 Å². The average molecular weight is 337 g/mol. The highest BCUT2D eigenvalue weighted by Crippen LogP contribution is 2.35. The van der Waals surface area contributed by atoms with Crippen molar-refractivity contribution in [3.8, 4) is 11.5 Å². The number of nitrogens with two attached hydrogens (primary N) is 1. The summed E-state index contributed by atoms with van der Waals surface area (Å²) in [6, 6.07) is 2.56. The van der Waals surface area contributed by atoms with Gasteiger partial charge in [-0.25, -0.2) is 0 Å². The number of carbonyl (C=O) groups is 1. The molecule has 2 atom stereocenters. The summed E-state index contributed by atoms with van der Waals surface area (Å²) in [6.45, 7) is 2.98. The molecule has 8 nitrogen and oxygen atoms in total. The van der Waals surface area contributed by atoms with E-state index in [2.05, 4.69) is 0 Å². The third-order valence-electron chi connectivity index (χ3n) is 4.42. The molecule has 0 radical (unpaired) electrons. The molecular weight excluding hydrogens is 314 g/mol. The summed E-state index contributed by atoms with van der Waals surface area (Å²) < 4.78 is 10.3. The van der Waals surface area contributed by atoms with Gasteiger partial charge in [-0.05, 0) is 25.7 Å². The second-order valence-electron chi connectivity index (χ2n) is 5.99. The number of hydrogen-bond acceptors (Lipinski definition) is 6. The van der Waals surface area contributed by atoms with Crippen LogP contribution in [0.4, 0.5) is 5.69 Å². The number of nitro groups is 1. The molecule has 1 aliphatic rings. The van der Waals surface area contributed by atoms with E-state index in [1.54, 1.807) is 4.90 Å². The van der Waals surface area contributed by atoms with Gasteiger partial charge in [-0.3, -0.25) is 14.9 Å². The van der Waals surface area contributed by atoms with Gasteiger partial charge in [0.25, 0.3) is 11.6 Å². The maximum absolute atomic E-state index is 12.8. The molecule has 1 saturated heterocycles. The Kier molecular flexibility index (Phi) is 5.61. The summed E-state index contributed by atoms with van der Waals surface area (Å²) >= 11 is 0. The number of ether oxygens (including phenoxy) is 2. The molecule has 2 rings (SSSR count). The van der Waals surface area contributed by atoms with Gasteiger partial charge in [0.15, 0.2) is 11.5 Å². The third-order valence-corrected chi connectivity index (χ3v) is 4.42. The summed E-state index contributed by atoms with van der Waals surface area (Å²) in [5.74, 6) is 0.315. The van der Waals surface area contributed by atoms with Gasteiger partial charge in [0.05, 0.1) is 25.2 Å². The lowest BCUT2D eigenvalue weighted by Crippen LogP contribution is -2.45. The Morgan fingerprint density at radius 2 is 2.00 bits per heavy atom. The van der Waals surface area contributed by atoms with Crippen LogP contribution in [-0.4, -0.2) is 49.1 Å². The van der Waals surface area contributed by atoms with Crippen molar-refractivity contribution in [2.45, 2.75) is 25.8 Å². The molecule has 0 spiro atoms. The Balaban J connectivity index is 2.38. The van der Waals surface area contributed by atoms with E-state index in [0.717, 1.165) is 12.8 Å². The zero-order valence-electron chi connectivity index (χ0n) is 14.2. The third kappa shape index (κ3) is 3.59. The molecule has 1 aromatic carbocycles. The molecule has 1 fully saturated rings. The number of carbonyl (C=O) groups excluding carboxylic acids is 1. The van der Waals surface area contributed by atoms with Crippen LogP contribution >= 0.6 is 0 Å². The van der Waals surface area contributed by atoms with Crippen LogP contribution in [-0.2, 0) is 0 Å². The molecule has 1 aliphatic heterocycles. The highest BCUT2D eigenvalue weighted by atomic mass is 16.6. The van der Waals surface area contributed by atoms with Crippen LogP contribution in [0.3, 0.4) is 0 Å². The first-order valence-corrected chi connectivity index (χ1v) is 7.84. The SMILES string of the molecule is COc1cc(C(=O)N2CCCC(C(C)N)C2)c([N+](=O)[O-])cc1OC. The first kappa shape index (κ1) is 18.0. The van der Waals surface area contributed by atoms with Gasteiger partial charge in [0.2, 0.25) is 0 Å². The number of methoxy groups -OCH3 is 2. The molecule has 1 aromatic rings. The maximum Gasteiger partial charge on any atom is 0.286 e. The molecule has 0 aliphatic carbocycles. The van der Waals surface area contributed by atoms with Crippen molar-refractivity contribution in [3.63, 3.8) is 0 Å². The van der Waals surface area contributed by atoms with Crippen LogP contribution in [0.2, 0.25) is 0 Å². The Labute approximate surface area is 140 Å². The Bertz CT molecular complexity index is 632. The van der Waals surface area contributed by atoms with Crippen molar-refractivity contribution in [2.24, 2.45) is 11.7 Å². The Hall–Kier alpha value is -2.35. The van der Waals surface area contributed by atoms with Crippen molar-refractivity contribution < 1.29 is 19.2 Å². The van der Waals surface area contributed by atoms with Crippen LogP contribution < -0.4 is 15.2 Å². The maximum atomic E-state index is 12.8. The number of nitrogens with zero attached hydrogens (tertiary/aromatic N) is 2. The van der Waals surface area contributed by atoms with Gasteiger partial charge in [-0.2, -0.15) is 0 Å². The van der Waals surface area contributed by atoms with E-state index in [-0.39, 0.29) is 40.6 Å². The lowest BCUT2D eigenvalue weighted by Gasteiger charge is -2.34. The highest BCUT2D eigenvalue weighted by Gasteiger charge is 2.31. The second-order valence-corrected chi connectivity index (χ2v) is 5.99. The molecule has 1 heterocycles. The van der Waals surface area contributed by atoms with Crippen molar-refractivity contribution in [1.82, 2.24) is 4.90 Å². The van der Waals surface area contributed by atoms with Crippen molar-refractivity contribution in [3.05, 3.63) is 27.8 Å². The topological polar surface area (TPSA) is 108 Å². The molecule has 24 heavy (non-hydrogen) atoms. The van der Waals surface area contributed by atoms with Crippen LogP contribution in [0, 0.1) is 16.0 Å². The highest BCUT2D eigenvalue weighted by molar-refractivity contribution is 5.99. The predicted molar refractivity (Wildman–Crippen MR) is 88.5 cm³/mol. The lowest BCUT2D eigenvalue weighted by molar-refractivity contribution is -0.385. The van der Waals surface area contributed by atoms with Crippen molar-refractivity contribution >= 4 is 11.6 Å². The molecule has 0 saturated carbocycles. The van der Waals surface area contributed by atoms with E-state index < -0.39 is 4.92 Å². The number of likely N-dealkylation sites (tertiary alicyclic amines) is 1. The molecule has 8 heteroatoms. The normalized spacial score (nSPS) is 18.8. The number of amides is 1. The van der Waals surface area contributed by atoms with Gasteiger partial charge >= 0.3 is 0 Å². The van der Waals surface area contributed by atoms with E-state index in [1.165, 1.54) is 26.4 Å². The minimum atomic E-state index is -0.581. The quantitative estimate of drug-likeness (QED) is 0.648. The summed E-state index contributed by atoms with van der Waals surface area (Å²) in [5.41, 5.74) is 5.66. The summed E-state index contributed by atoms with van der Waals surface area (Å²) in [4.78, 5) is 25.3. The molecule has 0 aromatic heterocycles. The number of benzene rings is 1. The van der Waals surface area contributed by atoms with Gasteiger partial charge in [0, 0.05) is 25.2 Å². The van der Waals surface area contributed by atoms with Gasteiger partial charge in [-0.1, -0.05) is 0 Å². The molecule has 132 valence electrons. The number of piperidine rings is 1. The zero-order valence-corrected chi connectivity index (χ0v) is 14.2. The smallest absolute Gasteiger partial charge is 0.286 e. The first-order chi connectivity index (χ1) is 11.4. The Morgan fingerprint density at radius 1 is 1.38 bits per heavy atom. The van der Waals surface area contributed by atoms with E-state index in [1.807, 2.05) is 6.92 Å². The molecule has 0 bridgehead atoms. The van der Waals surface area contributed by atoms with E-state index in [0.29, 0.717) is 13.1 Å². The minimum Gasteiger partial charge on any atom is -0.493 e. The summed E-state index contributed by atoms with van der Waals surface area (Å²) in [7, 11) is 2.81. The number of rotatable bonds is 5. The van der Waals surface area contributed by atoms with Crippen LogP contribution in [0.15, 0.2) is 12.1 Å². The van der Waals surface area contributed by atoms with Crippen molar-refractivity contribution in [2.75, 3.05) is 27.3 Å². The van der Waals surface area contributed by atoms with E-state index in [4.69, 9.17) is 15.2 Å². The number of hydrogen-bond donors (Lipinski definition) is 1. The monoisotopic (exact) mass is 337 g/mol. The second kappa shape index (κ2) is 7.48. The first-order valence-electron chi connectivity index (χ1n) is 7.84. The average Bonchev–Trinajstić information content (AvgIpc) is 2.59. The lowest BCUT2D eigenvalue weighted by atomic mass is 9.91. The fourth-order valence-corrected chi connectivity index (χ4v) is 2.98. The van der Waals surface area contributed by atoms with E-state index in [9.17, 15) is 14.9 Å². The van der Waals surface area contributed by atoms with Gasteiger partial charge in [0.1, 0.15) is 5.56 Å². The predicted octanol–water partition coefficient (Wildman–Crippen LogP) is 1.81. The van der Waals surface area contributed by atoms with Crippen LogP contribution in [0.25, 0.3) is 0 Å². The van der Waals surface area contributed by atoms with Crippen LogP contribution in [0.1, 0.15) is 30.1 Å². The Morgan fingerprint density at radius 3 is 2.54 bits per heavy atom. The minimum absolute atomic E-state index is 0.00275. The summed E-state index contributed by atoms with van der Waals surface area (Å²) in [5, 5.41) is 11.4. The zero-order chi connectivity index (χ0) is 17.9. The largest absolute Gasteiger partial charge is 0.493 e. The summed E-state index contributed by atoms with van der Waals surface area (Å²) in [6.07, 6.45) is 1.79. The van der Waals surface area contributed by atoms with E-state index >= 15 is 0 Å². The van der Waals surface area contributed by atoms with Gasteiger partial charge < -0.3 is 20.1 Å². The standard InChI is InChI=1S/C16H23N3O5/c1-10(17)11-5-4-6-18(9-11)16(20)12-7-14(23-2)15(24-3)8-13(12)19(21)22/h7-8,10-11H,4-6,9,17H2,1-3H3.